The highest BCUT2D eigenvalue weighted by Crippen LogP contribution is 2.28. The maximum absolute atomic E-state index is 11.8. The monoisotopic (exact) mass is 256 g/mol. The van der Waals surface area contributed by atoms with Crippen molar-refractivity contribution in [3.05, 3.63) is 29.8 Å². The van der Waals surface area contributed by atoms with Crippen molar-refractivity contribution in [3.63, 3.8) is 0 Å². The van der Waals surface area contributed by atoms with Gasteiger partial charge in [0.1, 0.15) is 0 Å². The van der Waals surface area contributed by atoms with Crippen LogP contribution in [0, 0.1) is 12.8 Å². The van der Waals surface area contributed by atoms with E-state index in [2.05, 4.69) is 0 Å². The number of aliphatic hydroxyl groups is 1. The number of aryl methyl sites for hydroxylation is 1. The topological polar surface area (TPSA) is 63.6 Å². The van der Waals surface area contributed by atoms with E-state index < -0.39 is 16.2 Å². The molecule has 17 heavy (non-hydrogen) atoms. The average molecular weight is 256 g/mol. The van der Waals surface area contributed by atoms with Crippen LogP contribution >= 0.6 is 0 Å². The number of rotatable bonds is 4. The standard InChI is InChI=1S/C12H16O4S/c1-9-2-5-11(6-3-9)17(14,15)16-8-10-4-7-12(10)13/h2-3,5-6,10,12-13H,4,7-8H2,1H3/t10-,12+/m0/s1. The van der Waals surface area contributed by atoms with Gasteiger partial charge in [-0.3, -0.25) is 4.18 Å². The Morgan fingerprint density at radius 2 is 1.94 bits per heavy atom. The molecule has 94 valence electrons. The maximum Gasteiger partial charge on any atom is 0.296 e. The normalized spacial score (nSPS) is 24.4. The second-order valence-corrected chi connectivity index (χ2v) is 6.07. The molecular weight excluding hydrogens is 240 g/mol. The van der Waals surface area contributed by atoms with Crippen LogP contribution in [-0.2, 0) is 14.3 Å². The van der Waals surface area contributed by atoms with Crippen molar-refractivity contribution in [2.75, 3.05) is 6.61 Å². The molecule has 0 radical (unpaired) electrons. The fraction of sp³-hybridized carbons (Fsp3) is 0.500. The highest BCUT2D eigenvalue weighted by molar-refractivity contribution is 7.86. The highest BCUT2D eigenvalue weighted by atomic mass is 32.2. The molecule has 1 aromatic rings. The molecule has 1 N–H and O–H groups in total. The zero-order valence-corrected chi connectivity index (χ0v) is 10.5. The van der Waals surface area contributed by atoms with Crippen LogP contribution in [0.15, 0.2) is 29.2 Å². The molecule has 0 spiro atoms. The van der Waals surface area contributed by atoms with Gasteiger partial charge in [0.2, 0.25) is 0 Å². The molecule has 4 nitrogen and oxygen atoms in total. The molecule has 1 aromatic carbocycles. The third kappa shape index (κ3) is 2.86. The predicted molar refractivity (Wildman–Crippen MR) is 63.0 cm³/mol. The molecule has 0 unspecified atom stereocenters. The SMILES string of the molecule is Cc1ccc(S(=O)(=O)OC[C@@H]2CC[C@H]2O)cc1. The summed E-state index contributed by atoms with van der Waals surface area (Å²) < 4.78 is 28.5. The first-order chi connectivity index (χ1) is 7.99. The molecule has 1 aliphatic rings. The van der Waals surface area contributed by atoms with Crippen molar-refractivity contribution in [1.29, 1.82) is 0 Å². The first-order valence-electron chi connectivity index (χ1n) is 5.63. The number of aliphatic hydroxyl groups excluding tert-OH is 1. The van der Waals surface area contributed by atoms with E-state index in [0.717, 1.165) is 18.4 Å². The fourth-order valence-electron chi connectivity index (χ4n) is 1.70. The Kier molecular flexibility index (Phi) is 3.51. The van der Waals surface area contributed by atoms with Crippen LogP contribution in [-0.4, -0.2) is 26.2 Å². The molecule has 0 saturated heterocycles. The molecule has 0 amide bonds. The second kappa shape index (κ2) is 4.76. The van der Waals surface area contributed by atoms with Gasteiger partial charge in [-0.25, -0.2) is 0 Å². The number of benzene rings is 1. The molecule has 0 aliphatic heterocycles. The minimum atomic E-state index is -3.68. The molecule has 5 heteroatoms. The van der Waals surface area contributed by atoms with E-state index in [9.17, 15) is 13.5 Å². The van der Waals surface area contributed by atoms with Crippen LogP contribution in [0.3, 0.4) is 0 Å². The van der Waals surface area contributed by atoms with Gasteiger partial charge in [-0.1, -0.05) is 17.7 Å². The van der Waals surface area contributed by atoms with E-state index >= 15 is 0 Å². The van der Waals surface area contributed by atoms with Crippen LogP contribution in [0.2, 0.25) is 0 Å². The molecule has 1 aliphatic carbocycles. The van der Waals surface area contributed by atoms with Gasteiger partial charge in [0, 0.05) is 5.92 Å². The zero-order valence-electron chi connectivity index (χ0n) is 9.67. The van der Waals surface area contributed by atoms with E-state index in [-0.39, 0.29) is 17.4 Å². The minimum Gasteiger partial charge on any atom is -0.393 e. The summed E-state index contributed by atoms with van der Waals surface area (Å²) in [5.41, 5.74) is 0.998. The molecule has 0 heterocycles. The lowest BCUT2D eigenvalue weighted by Crippen LogP contribution is -2.35. The summed E-state index contributed by atoms with van der Waals surface area (Å²) in [6.07, 6.45) is 1.15. The first kappa shape index (κ1) is 12.5. The predicted octanol–water partition coefficient (Wildman–Crippen LogP) is 1.47. The van der Waals surface area contributed by atoms with Crippen LogP contribution in [0.25, 0.3) is 0 Å². The van der Waals surface area contributed by atoms with E-state index in [1.165, 1.54) is 12.1 Å². The Balaban J connectivity index is 2.01. The van der Waals surface area contributed by atoms with Crippen molar-refractivity contribution in [3.8, 4) is 0 Å². The van der Waals surface area contributed by atoms with E-state index in [1.54, 1.807) is 12.1 Å². The van der Waals surface area contributed by atoms with Crippen LogP contribution in [0.5, 0.6) is 0 Å². The van der Waals surface area contributed by atoms with Gasteiger partial charge in [-0.2, -0.15) is 8.42 Å². The Morgan fingerprint density at radius 1 is 1.29 bits per heavy atom. The lowest BCUT2D eigenvalue weighted by atomic mass is 9.83. The molecule has 1 saturated carbocycles. The van der Waals surface area contributed by atoms with Crippen LogP contribution in [0.4, 0.5) is 0 Å². The van der Waals surface area contributed by atoms with Gasteiger partial charge in [0.25, 0.3) is 10.1 Å². The minimum absolute atomic E-state index is 0.0461. The van der Waals surface area contributed by atoms with Crippen molar-refractivity contribution < 1.29 is 17.7 Å². The lowest BCUT2D eigenvalue weighted by Gasteiger charge is -2.31. The summed E-state index contributed by atoms with van der Waals surface area (Å²) in [6.45, 7) is 1.96. The van der Waals surface area contributed by atoms with E-state index in [1.807, 2.05) is 6.92 Å². The zero-order chi connectivity index (χ0) is 12.5. The Hall–Kier alpha value is -0.910. The Labute approximate surface area is 101 Å². The van der Waals surface area contributed by atoms with Crippen molar-refractivity contribution in [2.24, 2.45) is 5.92 Å². The van der Waals surface area contributed by atoms with Crippen molar-refractivity contribution >= 4 is 10.1 Å². The molecule has 1 fully saturated rings. The lowest BCUT2D eigenvalue weighted by molar-refractivity contribution is 0.0000823. The fourth-order valence-corrected chi connectivity index (χ4v) is 2.66. The van der Waals surface area contributed by atoms with Gasteiger partial charge in [-0.15, -0.1) is 0 Å². The summed E-state index contributed by atoms with van der Waals surface area (Å²) in [4.78, 5) is 0.164. The summed E-state index contributed by atoms with van der Waals surface area (Å²) >= 11 is 0. The number of hydrogen-bond acceptors (Lipinski definition) is 4. The Bertz CT molecular complexity index is 478. The van der Waals surface area contributed by atoms with Gasteiger partial charge in [0.05, 0.1) is 17.6 Å². The average Bonchev–Trinajstić information content (AvgIpc) is 2.27. The molecular formula is C12H16O4S. The van der Waals surface area contributed by atoms with Crippen molar-refractivity contribution in [2.45, 2.75) is 30.8 Å². The van der Waals surface area contributed by atoms with E-state index in [4.69, 9.17) is 4.18 Å². The van der Waals surface area contributed by atoms with Gasteiger partial charge >= 0.3 is 0 Å². The second-order valence-electron chi connectivity index (χ2n) is 4.46. The van der Waals surface area contributed by atoms with Gasteiger partial charge < -0.3 is 5.11 Å². The van der Waals surface area contributed by atoms with Gasteiger partial charge in [-0.05, 0) is 31.9 Å². The van der Waals surface area contributed by atoms with Crippen LogP contribution in [0.1, 0.15) is 18.4 Å². The highest BCUT2D eigenvalue weighted by Gasteiger charge is 2.30. The molecule has 2 rings (SSSR count). The summed E-state index contributed by atoms with van der Waals surface area (Å²) in [7, 11) is -3.68. The maximum atomic E-state index is 11.8. The smallest absolute Gasteiger partial charge is 0.296 e. The summed E-state index contributed by atoms with van der Waals surface area (Å²) in [6, 6.07) is 6.52. The van der Waals surface area contributed by atoms with Crippen molar-refractivity contribution in [1.82, 2.24) is 0 Å². The molecule has 2 atom stereocenters. The van der Waals surface area contributed by atoms with Crippen LogP contribution < -0.4 is 0 Å². The molecule has 0 aromatic heterocycles. The third-order valence-electron chi connectivity index (χ3n) is 3.12. The summed E-state index contributed by atoms with van der Waals surface area (Å²) in [5, 5.41) is 9.34. The number of hydrogen-bond donors (Lipinski definition) is 1. The largest absolute Gasteiger partial charge is 0.393 e. The van der Waals surface area contributed by atoms with E-state index in [0.29, 0.717) is 0 Å². The summed E-state index contributed by atoms with van der Waals surface area (Å²) in [5.74, 6) is -0.0461. The molecule has 0 bridgehead atoms. The van der Waals surface area contributed by atoms with Gasteiger partial charge in [0.15, 0.2) is 0 Å². The Morgan fingerprint density at radius 3 is 2.41 bits per heavy atom. The third-order valence-corrected chi connectivity index (χ3v) is 4.42. The first-order valence-corrected chi connectivity index (χ1v) is 7.04. The quantitative estimate of drug-likeness (QED) is 0.829.